The van der Waals surface area contributed by atoms with Crippen LogP contribution in [0.2, 0.25) is 0 Å². The van der Waals surface area contributed by atoms with Crippen molar-refractivity contribution in [3.63, 3.8) is 0 Å². The zero-order chi connectivity index (χ0) is 15.7. The van der Waals surface area contributed by atoms with E-state index >= 15 is 0 Å². The van der Waals surface area contributed by atoms with Crippen molar-refractivity contribution in [3.05, 3.63) is 16.5 Å². The smallest absolute Gasteiger partial charge is 0.261 e. The molecule has 4 nitrogen and oxygen atoms in total. The number of hydrogen-bond acceptors (Lipinski definition) is 3. The van der Waals surface area contributed by atoms with Crippen molar-refractivity contribution >= 4 is 28.2 Å². The SMILES string of the molecule is Cc1cc(NC(=O)C2CC2)sc1C(=O)NC1CCCC(C)C1. The molecule has 2 saturated carbocycles. The predicted molar refractivity (Wildman–Crippen MR) is 89.3 cm³/mol. The van der Waals surface area contributed by atoms with E-state index in [1.165, 1.54) is 24.2 Å². The summed E-state index contributed by atoms with van der Waals surface area (Å²) in [6, 6.07) is 2.20. The molecule has 0 aliphatic heterocycles. The molecule has 2 unspecified atom stereocenters. The Hall–Kier alpha value is -1.36. The van der Waals surface area contributed by atoms with Gasteiger partial charge in [-0.3, -0.25) is 9.59 Å². The van der Waals surface area contributed by atoms with Gasteiger partial charge in [-0.2, -0.15) is 0 Å². The van der Waals surface area contributed by atoms with E-state index in [9.17, 15) is 9.59 Å². The molecule has 0 saturated heterocycles. The molecule has 1 heterocycles. The number of anilines is 1. The van der Waals surface area contributed by atoms with Crippen LogP contribution in [0.15, 0.2) is 6.07 Å². The summed E-state index contributed by atoms with van der Waals surface area (Å²) in [5.41, 5.74) is 0.942. The van der Waals surface area contributed by atoms with Gasteiger partial charge >= 0.3 is 0 Å². The van der Waals surface area contributed by atoms with Crippen molar-refractivity contribution in [1.82, 2.24) is 5.32 Å². The number of hydrogen-bond donors (Lipinski definition) is 2. The Bertz CT molecular complexity index is 577. The summed E-state index contributed by atoms with van der Waals surface area (Å²) in [5, 5.41) is 6.89. The minimum absolute atomic E-state index is 0.00789. The third-order valence-electron chi connectivity index (χ3n) is 4.59. The maximum absolute atomic E-state index is 12.5. The van der Waals surface area contributed by atoms with Crippen molar-refractivity contribution in [3.8, 4) is 0 Å². The summed E-state index contributed by atoms with van der Waals surface area (Å²) in [6.07, 6.45) is 6.58. The number of rotatable bonds is 4. The van der Waals surface area contributed by atoms with Crippen LogP contribution in [-0.2, 0) is 4.79 Å². The van der Waals surface area contributed by atoms with Crippen LogP contribution < -0.4 is 10.6 Å². The van der Waals surface area contributed by atoms with Gasteiger partial charge in [-0.25, -0.2) is 0 Å². The predicted octanol–water partition coefficient (Wildman–Crippen LogP) is 3.71. The molecule has 3 rings (SSSR count). The average molecular weight is 320 g/mol. The van der Waals surface area contributed by atoms with Crippen molar-refractivity contribution in [2.24, 2.45) is 11.8 Å². The standard InChI is InChI=1S/C17H24N2O2S/c1-10-4-3-5-13(8-10)18-17(21)15-11(2)9-14(22-15)19-16(20)12-6-7-12/h9-10,12-13H,3-8H2,1-2H3,(H,18,21)(H,19,20). The summed E-state index contributed by atoms with van der Waals surface area (Å²) < 4.78 is 0. The lowest BCUT2D eigenvalue weighted by atomic mass is 9.87. The van der Waals surface area contributed by atoms with Crippen LogP contribution in [0.25, 0.3) is 0 Å². The third-order valence-corrected chi connectivity index (χ3v) is 5.74. The lowest BCUT2D eigenvalue weighted by Gasteiger charge is -2.27. The maximum Gasteiger partial charge on any atom is 0.261 e. The molecule has 1 aromatic rings. The number of carbonyl (C=O) groups is 2. The average Bonchev–Trinajstić information content (AvgIpc) is 3.23. The van der Waals surface area contributed by atoms with Gasteiger partial charge in [-0.05, 0) is 50.2 Å². The maximum atomic E-state index is 12.5. The number of thiophene rings is 1. The molecule has 2 aliphatic carbocycles. The van der Waals surface area contributed by atoms with Crippen LogP contribution in [0.4, 0.5) is 5.00 Å². The molecule has 2 fully saturated rings. The molecule has 0 aromatic carbocycles. The fourth-order valence-corrected chi connectivity index (χ4v) is 4.13. The molecular formula is C17H24N2O2S. The van der Waals surface area contributed by atoms with Gasteiger partial charge in [-0.1, -0.05) is 19.8 Å². The number of carbonyl (C=O) groups excluding carboxylic acids is 2. The Labute approximate surface area is 135 Å². The van der Waals surface area contributed by atoms with Crippen LogP contribution in [0.5, 0.6) is 0 Å². The Morgan fingerprint density at radius 1 is 1.23 bits per heavy atom. The highest BCUT2D eigenvalue weighted by Crippen LogP contribution is 2.33. The Morgan fingerprint density at radius 2 is 2.00 bits per heavy atom. The fourth-order valence-electron chi connectivity index (χ4n) is 3.15. The second kappa shape index (κ2) is 6.41. The van der Waals surface area contributed by atoms with Gasteiger partial charge in [0.15, 0.2) is 0 Å². The Morgan fingerprint density at radius 3 is 2.68 bits per heavy atom. The zero-order valence-corrected chi connectivity index (χ0v) is 14.1. The van der Waals surface area contributed by atoms with Crippen LogP contribution in [0.1, 0.15) is 60.7 Å². The fraction of sp³-hybridized carbons (Fsp3) is 0.647. The van der Waals surface area contributed by atoms with Crippen molar-refractivity contribution in [2.45, 2.75) is 58.4 Å². The highest BCUT2D eigenvalue weighted by atomic mass is 32.1. The highest BCUT2D eigenvalue weighted by molar-refractivity contribution is 7.18. The quantitative estimate of drug-likeness (QED) is 0.888. The second-order valence-corrected chi connectivity index (χ2v) is 7.88. The second-order valence-electron chi connectivity index (χ2n) is 6.83. The molecule has 22 heavy (non-hydrogen) atoms. The van der Waals surface area contributed by atoms with Crippen molar-refractivity contribution in [1.29, 1.82) is 0 Å². The van der Waals surface area contributed by atoms with Gasteiger partial charge in [0, 0.05) is 12.0 Å². The first-order valence-electron chi connectivity index (χ1n) is 8.25. The van der Waals surface area contributed by atoms with Crippen LogP contribution >= 0.6 is 11.3 Å². The summed E-state index contributed by atoms with van der Waals surface area (Å²) in [4.78, 5) is 25.0. The Kier molecular flexibility index (Phi) is 4.52. The largest absolute Gasteiger partial charge is 0.349 e. The lowest BCUT2D eigenvalue weighted by molar-refractivity contribution is -0.117. The van der Waals surface area contributed by atoms with Gasteiger partial charge in [0.2, 0.25) is 5.91 Å². The van der Waals surface area contributed by atoms with Gasteiger partial charge in [0.05, 0.1) is 9.88 Å². The van der Waals surface area contributed by atoms with Crippen molar-refractivity contribution < 1.29 is 9.59 Å². The molecule has 2 aliphatic rings. The highest BCUT2D eigenvalue weighted by Gasteiger charge is 2.30. The van der Waals surface area contributed by atoms with Gasteiger partial charge < -0.3 is 10.6 Å². The minimum atomic E-state index is 0.00789. The molecule has 0 spiro atoms. The van der Waals surface area contributed by atoms with Gasteiger partial charge in [0.1, 0.15) is 0 Å². The summed E-state index contributed by atoms with van der Waals surface area (Å²) in [7, 11) is 0. The monoisotopic (exact) mass is 320 g/mol. The molecule has 2 N–H and O–H groups in total. The molecule has 120 valence electrons. The summed E-state index contributed by atoms with van der Waals surface area (Å²) in [6.45, 7) is 4.18. The van der Waals surface area contributed by atoms with E-state index in [2.05, 4.69) is 17.6 Å². The molecular weight excluding hydrogens is 296 g/mol. The first-order valence-corrected chi connectivity index (χ1v) is 9.06. The van der Waals surface area contributed by atoms with E-state index in [-0.39, 0.29) is 17.7 Å². The first-order chi connectivity index (χ1) is 10.5. The van der Waals surface area contributed by atoms with Gasteiger partial charge in [-0.15, -0.1) is 11.3 Å². The zero-order valence-electron chi connectivity index (χ0n) is 13.3. The van der Waals surface area contributed by atoms with E-state index in [0.717, 1.165) is 41.1 Å². The van der Waals surface area contributed by atoms with E-state index in [1.54, 1.807) is 0 Å². The topological polar surface area (TPSA) is 58.2 Å². The van der Waals surface area contributed by atoms with Crippen LogP contribution in [0.3, 0.4) is 0 Å². The molecule has 2 amide bonds. The molecule has 0 radical (unpaired) electrons. The number of nitrogens with one attached hydrogen (secondary N) is 2. The number of amides is 2. The summed E-state index contributed by atoms with van der Waals surface area (Å²) >= 11 is 1.39. The molecule has 2 atom stereocenters. The molecule has 5 heteroatoms. The van der Waals surface area contributed by atoms with Crippen molar-refractivity contribution in [2.75, 3.05) is 5.32 Å². The molecule has 1 aromatic heterocycles. The lowest BCUT2D eigenvalue weighted by Crippen LogP contribution is -2.37. The van der Waals surface area contributed by atoms with E-state index in [4.69, 9.17) is 0 Å². The third kappa shape index (κ3) is 3.69. The Balaban J connectivity index is 1.61. The molecule has 0 bridgehead atoms. The van der Waals surface area contributed by atoms with E-state index in [1.807, 2.05) is 13.0 Å². The van der Waals surface area contributed by atoms with E-state index in [0.29, 0.717) is 12.0 Å². The first kappa shape index (κ1) is 15.5. The van der Waals surface area contributed by atoms with Crippen LogP contribution in [0, 0.1) is 18.8 Å². The number of aryl methyl sites for hydroxylation is 1. The van der Waals surface area contributed by atoms with E-state index < -0.39 is 0 Å². The van der Waals surface area contributed by atoms with Gasteiger partial charge in [0.25, 0.3) is 5.91 Å². The van der Waals surface area contributed by atoms with Crippen LogP contribution in [-0.4, -0.2) is 17.9 Å². The minimum Gasteiger partial charge on any atom is -0.349 e. The normalized spacial score (nSPS) is 24.8. The summed E-state index contributed by atoms with van der Waals surface area (Å²) in [5.74, 6) is 0.975.